The smallest absolute Gasteiger partial charge is 0.114 e. The lowest BCUT2D eigenvalue weighted by molar-refractivity contribution is 0.462. The SMILES string of the molecule is CCCCCCCCN(CCCCCCCC)c1ccc(-c2ccc(-c3ccc(-c4cc5sc(C#CCC(CC)CCCC)cc5s4)c4nsnc34)s2)cc1. The minimum absolute atomic E-state index is 0.722. The Labute approximate surface area is 347 Å². The molecule has 7 heteroatoms. The fourth-order valence-electron chi connectivity index (χ4n) is 7.53. The van der Waals surface area contributed by atoms with Crippen LogP contribution in [0.25, 0.3) is 51.8 Å². The molecule has 1 atom stereocenters. The van der Waals surface area contributed by atoms with Gasteiger partial charge in [0.1, 0.15) is 11.0 Å². The molecular weight excluding hydrogens is 747 g/mol. The second kappa shape index (κ2) is 22.1. The van der Waals surface area contributed by atoms with E-state index < -0.39 is 0 Å². The molecule has 292 valence electrons. The van der Waals surface area contributed by atoms with Crippen LogP contribution in [-0.2, 0) is 0 Å². The molecule has 1 unspecified atom stereocenters. The number of unbranched alkanes of at least 4 members (excludes halogenated alkanes) is 11. The van der Waals surface area contributed by atoms with Gasteiger partial charge >= 0.3 is 0 Å². The summed E-state index contributed by atoms with van der Waals surface area (Å²) >= 11 is 6.83. The number of anilines is 1. The number of aromatic nitrogens is 2. The zero-order chi connectivity index (χ0) is 38.2. The zero-order valence-corrected chi connectivity index (χ0v) is 37.0. The standard InChI is InChI=1S/C48H61N3S4/c1-5-9-12-14-16-18-32-51(33-19-17-15-13-10-6-2)38-26-24-37(25-27-38)42-30-31-43(53-42)40-28-29-41(48-47(40)49-55-50-48)44-35-46-45(54-44)34-39(52-46)23-20-22-36(8-4)21-11-7-3/h24-31,34-36H,5-19,21-22,32-33H2,1-4H3. The molecule has 0 aliphatic carbocycles. The number of fused-ring (bicyclic) bond motifs is 2. The molecule has 6 aromatic rings. The first-order chi connectivity index (χ1) is 27.1. The highest BCUT2D eigenvalue weighted by atomic mass is 32.1. The molecule has 0 aliphatic heterocycles. The molecule has 0 aliphatic rings. The van der Waals surface area contributed by atoms with E-state index in [4.69, 9.17) is 8.75 Å². The molecule has 0 radical (unpaired) electrons. The number of nitrogens with zero attached hydrogens (tertiary/aromatic N) is 3. The Morgan fingerprint density at radius 3 is 1.82 bits per heavy atom. The van der Waals surface area contributed by atoms with Gasteiger partial charge in [0.25, 0.3) is 0 Å². The fraction of sp³-hybridized carbons (Fsp3) is 0.500. The first-order valence-electron chi connectivity index (χ1n) is 21.3. The Hall–Kier alpha value is -3.02. The van der Waals surface area contributed by atoms with Crippen molar-refractivity contribution in [3.63, 3.8) is 0 Å². The van der Waals surface area contributed by atoms with Crippen molar-refractivity contribution < 1.29 is 0 Å². The van der Waals surface area contributed by atoms with Crippen molar-refractivity contribution >= 4 is 71.9 Å². The third-order valence-corrected chi connectivity index (χ3v) is 14.9. The average Bonchev–Trinajstić information content (AvgIpc) is 4.03. The van der Waals surface area contributed by atoms with Crippen molar-refractivity contribution in [2.75, 3.05) is 18.0 Å². The molecule has 3 nitrogen and oxygen atoms in total. The summed E-state index contributed by atoms with van der Waals surface area (Å²) in [7, 11) is 0. The first-order valence-corrected chi connectivity index (χ1v) is 24.5. The van der Waals surface area contributed by atoms with E-state index in [9.17, 15) is 0 Å². The molecule has 0 bridgehead atoms. The van der Waals surface area contributed by atoms with E-state index in [1.54, 1.807) is 0 Å². The van der Waals surface area contributed by atoms with Crippen molar-refractivity contribution in [1.29, 1.82) is 0 Å². The summed E-state index contributed by atoms with van der Waals surface area (Å²) < 4.78 is 12.3. The maximum absolute atomic E-state index is 4.83. The molecule has 0 spiro atoms. The van der Waals surface area contributed by atoms with Gasteiger partial charge in [-0.2, -0.15) is 8.75 Å². The lowest BCUT2D eigenvalue weighted by atomic mass is 9.96. The quantitative estimate of drug-likeness (QED) is 0.0477. The van der Waals surface area contributed by atoms with Crippen LogP contribution >= 0.6 is 45.7 Å². The second-order valence-corrected chi connectivity index (χ2v) is 19.0. The van der Waals surface area contributed by atoms with Gasteiger partial charge in [-0.25, -0.2) is 0 Å². The van der Waals surface area contributed by atoms with E-state index in [-0.39, 0.29) is 0 Å². The third-order valence-electron chi connectivity index (χ3n) is 11.0. The molecular formula is C48H61N3S4. The van der Waals surface area contributed by atoms with Gasteiger partial charge in [0, 0.05) is 60.4 Å². The van der Waals surface area contributed by atoms with E-state index in [1.807, 2.05) is 34.0 Å². The molecule has 55 heavy (non-hydrogen) atoms. The lowest BCUT2D eigenvalue weighted by Crippen LogP contribution is -2.25. The highest BCUT2D eigenvalue weighted by Gasteiger charge is 2.18. The van der Waals surface area contributed by atoms with E-state index in [0.717, 1.165) is 36.5 Å². The minimum atomic E-state index is 0.722. The van der Waals surface area contributed by atoms with Gasteiger partial charge in [0.15, 0.2) is 0 Å². The van der Waals surface area contributed by atoms with Gasteiger partial charge in [-0.05, 0) is 67.1 Å². The molecule has 0 N–H and O–H groups in total. The molecule has 0 saturated carbocycles. The molecule has 0 saturated heterocycles. The first kappa shape index (κ1) is 41.6. The van der Waals surface area contributed by atoms with Gasteiger partial charge < -0.3 is 4.90 Å². The number of benzene rings is 2. The van der Waals surface area contributed by atoms with Crippen LogP contribution in [0, 0.1) is 17.8 Å². The molecule has 4 aromatic heterocycles. The minimum Gasteiger partial charge on any atom is -0.372 e. The van der Waals surface area contributed by atoms with Crippen LogP contribution in [-0.4, -0.2) is 21.8 Å². The van der Waals surface area contributed by atoms with Crippen molar-refractivity contribution in [2.24, 2.45) is 5.92 Å². The van der Waals surface area contributed by atoms with E-state index in [2.05, 4.69) is 105 Å². The van der Waals surface area contributed by atoms with Gasteiger partial charge in [0.2, 0.25) is 0 Å². The summed E-state index contributed by atoms with van der Waals surface area (Å²) in [4.78, 5) is 7.62. The van der Waals surface area contributed by atoms with Crippen LogP contribution < -0.4 is 4.90 Å². The predicted octanol–water partition coefficient (Wildman–Crippen LogP) is 16.5. The zero-order valence-electron chi connectivity index (χ0n) is 33.8. The number of hydrogen-bond donors (Lipinski definition) is 0. The highest BCUT2D eigenvalue weighted by Crippen LogP contribution is 2.44. The Balaban J connectivity index is 1.13. The van der Waals surface area contributed by atoms with Crippen LogP contribution in [0.5, 0.6) is 0 Å². The van der Waals surface area contributed by atoms with Crippen LogP contribution in [0.15, 0.2) is 60.7 Å². The van der Waals surface area contributed by atoms with Crippen LogP contribution in [0.2, 0.25) is 0 Å². The Morgan fingerprint density at radius 2 is 1.18 bits per heavy atom. The van der Waals surface area contributed by atoms with Crippen molar-refractivity contribution in [3.8, 4) is 43.2 Å². The van der Waals surface area contributed by atoms with Gasteiger partial charge in [-0.15, -0.1) is 34.0 Å². The molecule has 6 rings (SSSR count). The summed E-state index contributed by atoms with van der Waals surface area (Å²) in [5.74, 6) is 7.69. The summed E-state index contributed by atoms with van der Waals surface area (Å²) in [6.07, 6.45) is 22.2. The van der Waals surface area contributed by atoms with E-state index >= 15 is 0 Å². The van der Waals surface area contributed by atoms with Crippen LogP contribution in [0.3, 0.4) is 0 Å². The average molecular weight is 808 g/mol. The highest BCUT2D eigenvalue weighted by molar-refractivity contribution is 7.29. The Kier molecular flexibility index (Phi) is 16.7. The summed E-state index contributed by atoms with van der Waals surface area (Å²) in [5.41, 5.74) is 7.01. The van der Waals surface area contributed by atoms with Gasteiger partial charge in [-0.3, -0.25) is 0 Å². The summed E-state index contributed by atoms with van der Waals surface area (Å²) in [6.45, 7) is 11.5. The van der Waals surface area contributed by atoms with Crippen LogP contribution in [0.4, 0.5) is 5.69 Å². The maximum atomic E-state index is 4.83. The van der Waals surface area contributed by atoms with Crippen molar-refractivity contribution in [2.45, 2.75) is 137 Å². The summed E-state index contributed by atoms with van der Waals surface area (Å²) in [5, 5.41) is 0. The molecule has 0 fully saturated rings. The normalized spacial score (nSPS) is 12.1. The predicted molar refractivity (Wildman–Crippen MR) is 249 cm³/mol. The van der Waals surface area contributed by atoms with Gasteiger partial charge in [0.05, 0.1) is 16.6 Å². The fourth-order valence-corrected chi connectivity index (χ4v) is 11.4. The monoisotopic (exact) mass is 807 g/mol. The van der Waals surface area contributed by atoms with Gasteiger partial charge in [-0.1, -0.05) is 147 Å². The van der Waals surface area contributed by atoms with Crippen molar-refractivity contribution in [3.05, 3.63) is 65.5 Å². The third kappa shape index (κ3) is 11.5. The Bertz CT molecular complexity index is 2040. The molecule has 4 heterocycles. The maximum Gasteiger partial charge on any atom is 0.114 e. The second-order valence-electron chi connectivity index (χ2n) is 15.2. The number of hydrogen-bond acceptors (Lipinski definition) is 7. The summed E-state index contributed by atoms with van der Waals surface area (Å²) in [6, 6.07) is 23.0. The number of rotatable bonds is 23. The molecule has 2 aromatic carbocycles. The Morgan fingerprint density at radius 1 is 0.582 bits per heavy atom. The lowest BCUT2D eigenvalue weighted by Gasteiger charge is -2.25. The van der Waals surface area contributed by atoms with Crippen molar-refractivity contribution in [1.82, 2.24) is 8.75 Å². The largest absolute Gasteiger partial charge is 0.372 e. The van der Waals surface area contributed by atoms with Crippen LogP contribution in [0.1, 0.15) is 142 Å². The topological polar surface area (TPSA) is 29.0 Å². The van der Waals surface area contributed by atoms with E-state index in [0.29, 0.717) is 0 Å². The molecule has 0 amide bonds. The van der Waals surface area contributed by atoms with E-state index in [1.165, 1.54) is 166 Å². The number of thiophene rings is 3.